The predicted molar refractivity (Wildman–Crippen MR) is 37.2 cm³/mol. The molecule has 0 fully saturated rings. The summed E-state index contributed by atoms with van der Waals surface area (Å²) in [6, 6.07) is 0. The summed E-state index contributed by atoms with van der Waals surface area (Å²) in [7, 11) is 0. The second-order valence-corrected chi connectivity index (χ2v) is 2.32. The fraction of sp³-hybridized carbons (Fsp3) is 0.667. The molecule has 1 aliphatic heterocycles. The van der Waals surface area contributed by atoms with Gasteiger partial charge in [0.25, 0.3) is 0 Å². The van der Waals surface area contributed by atoms with Crippen molar-refractivity contribution in [2.24, 2.45) is 11.0 Å². The molecule has 4 nitrogen and oxygen atoms in total. The molecule has 0 aromatic heterocycles. The minimum absolute atomic E-state index is 0.408. The van der Waals surface area contributed by atoms with Crippen molar-refractivity contribution < 1.29 is 4.74 Å². The largest absolute Gasteiger partial charge is 0.501 e. The Kier molecular flexibility index (Phi) is 2.18. The second kappa shape index (κ2) is 3.13. The van der Waals surface area contributed by atoms with Gasteiger partial charge in [0, 0.05) is 10.8 Å². The quantitative estimate of drug-likeness (QED) is 0.327. The molecular formula is C6H9N3O. The van der Waals surface area contributed by atoms with Gasteiger partial charge in [0.1, 0.15) is 0 Å². The van der Waals surface area contributed by atoms with Crippen LogP contribution in [0.5, 0.6) is 0 Å². The predicted octanol–water partition coefficient (Wildman–Crippen LogP) is 1.85. The molecule has 10 heavy (non-hydrogen) atoms. The highest BCUT2D eigenvalue weighted by Crippen LogP contribution is 2.17. The summed E-state index contributed by atoms with van der Waals surface area (Å²) in [5.41, 5.74) is 9.08. The highest BCUT2D eigenvalue weighted by Gasteiger charge is 2.13. The molecule has 4 heteroatoms. The summed E-state index contributed by atoms with van der Waals surface area (Å²) in [5.74, 6) is 0.408. The lowest BCUT2D eigenvalue weighted by Crippen LogP contribution is -1.99. The van der Waals surface area contributed by atoms with E-state index in [0.717, 1.165) is 12.2 Å². The molecule has 0 saturated carbocycles. The molecule has 1 heterocycles. The van der Waals surface area contributed by atoms with Crippen LogP contribution < -0.4 is 0 Å². The van der Waals surface area contributed by atoms with Gasteiger partial charge in [-0.05, 0) is 11.1 Å². The Labute approximate surface area is 59.1 Å². The maximum atomic E-state index is 8.00. The second-order valence-electron chi connectivity index (χ2n) is 2.32. The van der Waals surface area contributed by atoms with Gasteiger partial charge in [-0.25, -0.2) is 0 Å². The van der Waals surface area contributed by atoms with E-state index in [1.807, 2.05) is 6.92 Å². The first-order chi connectivity index (χ1) is 4.84. The first-order valence-electron chi connectivity index (χ1n) is 3.16. The first kappa shape index (κ1) is 6.96. The van der Waals surface area contributed by atoms with Crippen LogP contribution in [0.2, 0.25) is 0 Å². The van der Waals surface area contributed by atoms with Crippen LogP contribution in [0.15, 0.2) is 16.9 Å². The van der Waals surface area contributed by atoms with Crippen molar-refractivity contribution >= 4 is 0 Å². The number of azide groups is 1. The van der Waals surface area contributed by atoms with Crippen molar-refractivity contribution in [2.75, 3.05) is 13.2 Å². The van der Waals surface area contributed by atoms with Crippen LogP contribution in [0.25, 0.3) is 10.4 Å². The zero-order valence-corrected chi connectivity index (χ0v) is 5.82. The smallest absolute Gasteiger partial charge is 0.0937 e. The topological polar surface area (TPSA) is 58.0 Å². The van der Waals surface area contributed by atoms with Crippen LogP contribution >= 0.6 is 0 Å². The Bertz CT molecular complexity index is 193. The van der Waals surface area contributed by atoms with Gasteiger partial charge in [0.2, 0.25) is 0 Å². The van der Waals surface area contributed by atoms with Gasteiger partial charge in [-0.1, -0.05) is 12.0 Å². The number of ether oxygens (including phenoxy) is 1. The van der Waals surface area contributed by atoms with Crippen molar-refractivity contribution in [1.29, 1.82) is 0 Å². The molecule has 1 unspecified atom stereocenters. The van der Waals surface area contributed by atoms with E-state index in [1.165, 1.54) is 0 Å². The molecule has 0 aromatic rings. The Balaban J connectivity index is 2.47. The third kappa shape index (κ3) is 1.42. The van der Waals surface area contributed by atoms with Gasteiger partial charge in [0.15, 0.2) is 0 Å². The Morgan fingerprint density at radius 3 is 3.30 bits per heavy atom. The van der Waals surface area contributed by atoms with E-state index in [1.54, 1.807) is 6.26 Å². The standard InChI is InChI=1S/C6H9N3O/c1-5-3-10-4-6(5)2-8-9-7/h4-5H,2-3H2,1H3. The minimum atomic E-state index is 0.408. The summed E-state index contributed by atoms with van der Waals surface area (Å²) < 4.78 is 5.02. The third-order valence-electron chi connectivity index (χ3n) is 1.53. The van der Waals surface area contributed by atoms with Crippen LogP contribution in [0.3, 0.4) is 0 Å². The molecule has 0 N–H and O–H groups in total. The summed E-state index contributed by atoms with van der Waals surface area (Å²) in [5, 5.41) is 3.44. The molecule has 1 aliphatic rings. The molecule has 0 bridgehead atoms. The monoisotopic (exact) mass is 139 g/mol. The molecule has 0 aromatic carbocycles. The van der Waals surface area contributed by atoms with E-state index in [-0.39, 0.29) is 0 Å². The fourth-order valence-electron chi connectivity index (χ4n) is 0.829. The Morgan fingerprint density at radius 2 is 2.80 bits per heavy atom. The van der Waals surface area contributed by atoms with Crippen molar-refractivity contribution in [1.82, 2.24) is 0 Å². The van der Waals surface area contributed by atoms with Crippen LogP contribution in [0, 0.1) is 5.92 Å². The number of nitrogens with zero attached hydrogens (tertiary/aromatic N) is 3. The summed E-state index contributed by atoms with van der Waals surface area (Å²) in [4.78, 5) is 2.66. The van der Waals surface area contributed by atoms with E-state index in [2.05, 4.69) is 10.0 Å². The fourth-order valence-corrected chi connectivity index (χ4v) is 0.829. The minimum Gasteiger partial charge on any atom is -0.501 e. The molecule has 0 amide bonds. The van der Waals surface area contributed by atoms with Crippen molar-refractivity contribution in [3.05, 3.63) is 22.3 Å². The van der Waals surface area contributed by atoms with Gasteiger partial charge in [-0.15, -0.1) is 0 Å². The van der Waals surface area contributed by atoms with Crippen molar-refractivity contribution in [3.63, 3.8) is 0 Å². The van der Waals surface area contributed by atoms with Crippen molar-refractivity contribution in [3.8, 4) is 0 Å². The van der Waals surface area contributed by atoms with Crippen LogP contribution in [-0.4, -0.2) is 13.2 Å². The SMILES string of the molecule is CC1COC=C1CN=[N+]=[N-]. The maximum absolute atomic E-state index is 8.00. The van der Waals surface area contributed by atoms with Crippen LogP contribution in [-0.2, 0) is 4.74 Å². The van der Waals surface area contributed by atoms with E-state index >= 15 is 0 Å². The van der Waals surface area contributed by atoms with Gasteiger partial charge < -0.3 is 4.74 Å². The lowest BCUT2D eigenvalue weighted by molar-refractivity contribution is 0.255. The lowest BCUT2D eigenvalue weighted by Gasteiger charge is -2.00. The Morgan fingerprint density at radius 1 is 2.00 bits per heavy atom. The molecule has 1 atom stereocenters. The van der Waals surface area contributed by atoms with Crippen LogP contribution in [0.1, 0.15) is 6.92 Å². The van der Waals surface area contributed by atoms with E-state index < -0.39 is 0 Å². The highest BCUT2D eigenvalue weighted by molar-refractivity contribution is 5.08. The third-order valence-corrected chi connectivity index (χ3v) is 1.53. The number of hydrogen-bond acceptors (Lipinski definition) is 2. The number of hydrogen-bond donors (Lipinski definition) is 0. The van der Waals surface area contributed by atoms with Crippen molar-refractivity contribution in [2.45, 2.75) is 6.92 Å². The number of rotatable bonds is 2. The molecule has 0 spiro atoms. The van der Waals surface area contributed by atoms with E-state index in [4.69, 9.17) is 10.3 Å². The molecule has 0 saturated heterocycles. The van der Waals surface area contributed by atoms with E-state index in [9.17, 15) is 0 Å². The summed E-state index contributed by atoms with van der Waals surface area (Å²) in [6.45, 7) is 3.21. The average molecular weight is 139 g/mol. The first-order valence-corrected chi connectivity index (χ1v) is 3.16. The highest BCUT2D eigenvalue weighted by atomic mass is 16.5. The van der Waals surface area contributed by atoms with Gasteiger partial charge >= 0.3 is 0 Å². The summed E-state index contributed by atoms with van der Waals surface area (Å²) >= 11 is 0. The average Bonchev–Trinajstić information content (AvgIpc) is 2.31. The van der Waals surface area contributed by atoms with Gasteiger partial charge in [-0.3, -0.25) is 0 Å². The Hall–Kier alpha value is -1.15. The lowest BCUT2D eigenvalue weighted by atomic mass is 10.1. The maximum Gasteiger partial charge on any atom is 0.0937 e. The van der Waals surface area contributed by atoms with E-state index in [0.29, 0.717) is 12.5 Å². The normalized spacial score (nSPS) is 22.9. The molecule has 54 valence electrons. The van der Waals surface area contributed by atoms with Gasteiger partial charge in [0.05, 0.1) is 19.4 Å². The van der Waals surface area contributed by atoms with Crippen LogP contribution in [0.4, 0.5) is 0 Å². The molecule has 1 rings (SSSR count). The zero-order chi connectivity index (χ0) is 7.40. The zero-order valence-electron chi connectivity index (χ0n) is 5.82. The summed E-state index contributed by atoms with van der Waals surface area (Å²) in [6.07, 6.45) is 1.68. The van der Waals surface area contributed by atoms with Gasteiger partial charge in [-0.2, -0.15) is 0 Å². The molecule has 0 aliphatic carbocycles. The molecular weight excluding hydrogens is 130 g/mol. The molecule has 0 radical (unpaired) electrons.